The number of rotatable bonds is 12. The van der Waals surface area contributed by atoms with E-state index in [1.54, 1.807) is 46.6 Å². The molecule has 12 nitrogen and oxygen atoms in total. The van der Waals surface area contributed by atoms with E-state index in [1.807, 2.05) is 24.3 Å². The highest BCUT2D eigenvalue weighted by Crippen LogP contribution is 2.16. The Bertz CT molecular complexity index is 1370. The minimum absolute atomic E-state index is 0.00843. The van der Waals surface area contributed by atoms with Gasteiger partial charge in [0.05, 0.1) is 19.5 Å². The zero-order valence-electron chi connectivity index (χ0n) is 23.9. The van der Waals surface area contributed by atoms with E-state index in [-0.39, 0.29) is 25.3 Å². The van der Waals surface area contributed by atoms with Crippen molar-refractivity contribution in [3.8, 4) is 17.6 Å². The minimum atomic E-state index is -0.800. The first kappa shape index (κ1) is 33.0. The average Bonchev–Trinajstić information content (AvgIpc) is 2.89. The Morgan fingerprint density at radius 3 is 2.49 bits per heavy atom. The number of nitrogens with zero attached hydrogens (tertiary/aromatic N) is 2. The van der Waals surface area contributed by atoms with E-state index < -0.39 is 47.9 Å². The molecule has 0 saturated carbocycles. The summed E-state index contributed by atoms with van der Waals surface area (Å²) in [5.74, 6) is 6.31. The van der Waals surface area contributed by atoms with Gasteiger partial charge in [-0.2, -0.15) is 0 Å². The third-order valence-electron chi connectivity index (χ3n) is 5.17. The second-order valence-electron chi connectivity index (χ2n) is 9.62. The average molecular weight is 589 g/mol. The number of alkyl carbamates (subject to hydrolysis) is 1. The van der Waals surface area contributed by atoms with E-state index in [0.717, 1.165) is 20.8 Å². The van der Waals surface area contributed by atoms with Gasteiger partial charge in [0, 0.05) is 25.0 Å². The lowest BCUT2D eigenvalue weighted by molar-refractivity contribution is -0.149. The second kappa shape index (κ2) is 16.2. The molecule has 0 aliphatic heterocycles. The fourth-order valence-corrected chi connectivity index (χ4v) is 4.00. The first-order valence-electron chi connectivity index (χ1n) is 12.9. The summed E-state index contributed by atoms with van der Waals surface area (Å²) in [7, 11) is 1.60. The normalized spacial score (nSPS) is 10.7. The predicted molar refractivity (Wildman–Crippen MR) is 155 cm³/mol. The van der Waals surface area contributed by atoms with Gasteiger partial charge in [0.15, 0.2) is 0 Å². The minimum Gasteiger partial charge on any atom is -0.497 e. The van der Waals surface area contributed by atoms with Crippen molar-refractivity contribution in [3.05, 3.63) is 62.4 Å². The maximum absolute atomic E-state index is 13.1. The molecule has 2 aromatic rings. The zero-order chi connectivity index (χ0) is 30.4. The number of amides is 2. The van der Waals surface area contributed by atoms with Crippen LogP contribution in [0.2, 0.25) is 0 Å². The molecule has 41 heavy (non-hydrogen) atoms. The van der Waals surface area contributed by atoms with E-state index in [9.17, 15) is 24.0 Å². The van der Waals surface area contributed by atoms with Crippen LogP contribution in [0, 0.1) is 11.8 Å². The second-order valence-corrected chi connectivity index (χ2v) is 10.6. The highest BCUT2D eigenvalue weighted by molar-refractivity contribution is 7.98. The summed E-state index contributed by atoms with van der Waals surface area (Å²) in [6.45, 7) is 5.98. The molecule has 1 heterocycles. The predicted octanol–water partition coefficient (Wildman–Crippen LogP) is 1.75. The van der Waals surface area contributed by atoms with Crippen LogP contribution in [0.4, 0.5) is 4.79 Å². The van der Waals surface area contributed by atoms with E-state index in [1.165, 1.54) is 6.20 Å². The fourth-order valence-electron chi connectivity index (χ4n) is 3.30. The van der Waals surface area contributed by atoms with Crippen LogP contribution >= 0.6 is 11.8 Å². The number of H-pyrrole nitrogens is 1. The maximum Gasteiger partial charge on any atom is 0.407 e. The Labute approximate surface area is 242 Å². The number of ether oxygens (including phenoxy) is 3. The molecule has 0 bridgehead atoms. The number of hydrogen-bond donors (Lipinski definition) is 2. The smallest absolute Gasteiger partial charge is 0.407 e. The van der Waals surface area contributed by atoms with Gasteiger partial charge in [0.25, 0.3) is 5.56 Å². The third kappa shape index (κ3) is 12.3. The van der Waals surface area contributed by atoms with Crippen molar-refractivity contribution in [2.24, 2.45) is 0 Å². The number of aromatic amines is 1. The molecule has 13 heteroatoms. The number of benzene rings is 1. The largest absolute Gasteiger partial charge is 0.497 e. The first-order valence-corrected chi connectivity index (χ1v) is 14.0. The number of aromatic nitrogens is 2. The molecule has 0 fully saturated rings. The number of methoxy groups -OCH3 is 1. The van der Waals surface area contributed by atoms with Crippen molar-refractivity contribution in [2.45, 2.75) is 45.6 Å². The number of thioether (sulfide) groups is 1. The van der Waals surface area contributed by atoms with Gasteiger partial charge in [-0.15, -0.1) is 11.8 Å². The van der Waals surface area contributed by atoms with Crippen molar-refractivity contribution < 1.29 is 28.6 Å². The van der Waals surface area contributed by atoms with Gasteiger partial charge in [0.1, 0.15) is 30.0 Å². The molecule has 0 aliphatic carbocycles. The molecule has 2 amide bonds. The van der Waals surface area contributed by atoms with E-state index >= 15 is 0 Å². The quantitative estimate of drug-likeness (QED) is 0.215. The van der Waals surface area contributed by atoms with Crippen LogP contribution in [0.1, 0.15) is 38.8 Å². The van der Waals surface area contributed by atoms with Crippen molar-refractivity contribution in [1.29, 1.82) is 0 Å². The molecule has 2 N–H and O–H groups in total. The first-order chi connectivity index (χ1) is 19.4. The van der Waals surface area contributed by atoms with Crippen LogP contribution in [0.15, 0.2) is 40.1 Å². The monoisotopic (exact) mass is 588 g/mol. The lowest BCUT2D eigenvalue weighted by Gasteiger charge is -2.23. The Hall–Kier alpha value is -4.18. The highest BCUT2D eigenvalue weighted by atomic mass is 32.2. The highest BCUT2D eigenvalue weighted by Gasteiger charge is 2.21. The number of esters is 1. The zero-order valence-corrected chi connectivity index (χ0v) is 24.7. The van der Waals surface area contributed by atoms with Gasteiger partial charge in [0.2, 0.25) is 5.91 Å². The molecule has 0 saturated heterocycles. The molecule has 1 aromatic carbocycles. The SMILES string of the molecule is CCOC(=O)CN(CCNC(=O)OC(C)(C)C)C(=O)Cn1cc(C#CCSCc2ccc(OC)cc2)c(=O)[nH]c1=O. The lowest BCUT2D eigenvalue weighted by atomic mass is 10.2. The summed E-state index contributed by atoms with van der Waals surface area (Å²) in [6.07, 6.45) is 0.532. The summed E-state index contributed by atoms with van der Waals surface area (Å²) in [5, 5.41) is 2.52. The lowest BCUT2D eigenvalue weighted by Crippen LogP contribution is -2.45. The summed E-state index contributed by atoms with van der Waals surface area (Å²) < 4.78 is 16.3. The summed E-state index contributed by atoms with van der Waals surface area (Å²) in [4.78, 5) is 65.1. The molecule has 0 unspecified atom stereocenters. The molecule has 0 aliphatic rings. The van der Waals surface area contributed by atoms with E-state index in [2.05, 4.69) is 22.1 Å². The van der Waals surface area contributed by atoms with Crippen molar-refractivity contribution in [2.75, 3.05) is 39.1 Å². The van der Waals surface area contributed by atoms with Gasteiger partial charge in [-0.05, 0) is 45.4 Å². The van der Waals surface area contributed by atoms with Crippen molar-refractivity contribution >= 4 is 29.7 Å². The van der Waals surface area contributed by atoms with Gasteiger partial charge in [-0.1, -0.05) is 24.0 Å². The van der Waals surface area contributed by atoms with Gasteiger partial charge in [-0.3, -0.25) is 23.9 Å². The summed E-state index contributed by atoms with van der Waals surface area (Å²) in [5.41, 5.74) is -1.06. The number of nitrogens with one attached hydrogen (secondary N) is 2. The van der Waals surface area contributed by atoms with Crippen LogP contribution in [0.25, 0.3) is 0 Å². The Balaban J connectivity index is 2.06. The topological polar surface area (TPSA) is 149 Å². The molecule has 0 atom stereocenters. The summed E-state index contributed by atoms with van der Waals surface area (Å²) in [6, 6.07) is 7.65. The molecule has 0 spiro atoms. The molecular formula is C28H36N4O8S. The van der Waals surface area contributed by atoms with Crippen LogP contribution in [0.3, 0.4) is 0 Å². The van der Waals surface area contributed by atoms with Crippen LogP contribution in [-0.4, -0.2) is 77.1 Å². The number of hydrogen-bond acceptors (Lipinski definition) is 9. The Morgan fingerprint density at radius 2 is 1.85 bits per heavy atom. The molecule has 0 radical (unpaired) electrons. The van der Waals surface area contributed by atoms with E-state index in [0.29, 0.717) is 11.5 Å². The third-order valence-corrected chi connectivity index (χ3v) is 6.06. The van der Waals surface area contributed by atoms with Gasteiger partial charge in [-0.25, -0.2) is 9.59 Å². The Morgan fingerprint density at radius 1 is 1.15 bits per heavy atom. The van der Waals surface area contributed by atoms with Crippen LogP contribution in [-0.2, 0) is 31.4 Å². The molecule has 2 rings (SSSR count). The van der Waals surface area contributed by atoms with Crippen molar-refractivity contribution in [3.63, 3.8) is 0 Å². The molecule has 1 aromatic heterocycles. The van der Waals surface area contributed by atoms with Crippen LogP contribution in [0.5, 0.6) is 5.75 Å². The van der Waals surface area contributed by atoms with E-state index in [4.69, 9.17) is 14.2 Å². The van der Waals surface area contributed by atoms with Gasteiger partial charge >= 0.3 is 17.8 Å². The maximum atomic E-state index is 13.1. The fraction of sp³-hybridized carbons (Fsp3) is 0.464. The molecular weight excluding hydrogens is 552 g/mol. The molecule has 222 valence electrons. The summed E-state index contributed by atoms with van der Waals surface area (Å²) >= 11 is 1.55. The van der Waals surface area contributed by atoms with Crippen LogP contribution < -0.4 is 21.3 Å². The Kier molecular flexibility index (Phi) is 13.0. The van der Waals surface area contributed by atoms with Gasteiger partial charge < -0.3 is 24.4 Å². The van der Waals surface area contributed by atoms with Crippen molar-refractivity contribution in [1.82, 2.24) is 19.8 Å². The number of carbonyl (C=O) groups is 3. The number of carbonyl (C=O) groups excluding carboxylic acids is 3. The standard InChI is InChI=1S/C28H36N4O8S/c1-6-39-24(34)18-31(14-13-29-27(37)40-28(2,3)4)23(33)17-32-16-21(25(35)30-26(32)36)8-7-15-41-19-20-9-11-22(38-5)12-10-20/h9-12,16H,6,13-15,17-19H2,1-5H3,(H,29,37)(H,30,35,36).